The number of rotatable bonds is 6. The van der Waals surface area contributed by atoms with Gasteiger partial charge in [-0.15, -0.1) is 0 Å². The summed E-state index contributed by atoms with van der Waals surface area (Å²) in [6, 6.07) is 8.02. The van der Waals surface area contributed by atoms with Gasteiger partial charge in [0.15, 0.2) is 0 Å². The van der Waals surface area contributed by atoms with Crippen LogP contribution in [0.5, 0.6) is 0 Å². The molecule has 0 aliphatic heterocycles. The predicted octanol–water partition coefficient (Wildman–Crippen LogP) is 2.46. The maximum Gasteiger partial charge on any atom is 0.260 e. The minimum atomic E-state index is -0.128. The summed E-state index contributed by atoms with van der Waals surface area (Å²) in [6.45, 7) is 8.31. The zero-order valence-corrected chi connectivity index (χ0v) is 15.2. The highest BCUT2D eigenvalue weighted by Crippen LogP contribution is 2.16. The van der Waals surface area contributed by atoms with Crippen LogP contribution in [0.15, 0.2) is 41.5 Å². The Morgan fingerprint density at radius 2 is 1.92 bits per heavy atom. The van der Waals surface area contributed by atoms with Gasteiger partial charge in [-0.25, -0.2) is 4.98 Å². The number of hydrogen-bond donors (Lipinski definition) is 3. The number of H-pyrrole nitrogens is 1. The van der Waals surface area contributed by atoms with Crippen molar-refractivity contribution >= 4 is 5.78 Å². The van der Waals surface area contributed by atoms with E-state index in [1.807, 2.05) is 61.8 Å². The summed E-state index contributed by atoms with van der Waals surface area (Å²) in [6.07, 6.45) is 4.69. The molecule has 0 atom stereocenters. The van der Waals surface area contributed by atoms with Gasteiger partial charge in [-0.1, -0.05) is 38.1 Å². The molecular formula is C19H27N5O. The molecule has 0 aliphatic rings. The van der Waals surface area contributed by atoms with Crippen molar-refractivity contribution in [3.8, 4) is 11.1 Å². The van der Waals surface area contributed by atoms with Gasteiger partial charge in [0.1, 0.15) is 0 Å². The lowest BCUT2D eigenvalue weighted by Gasteiger charge is -2.06. The lowest BCUT2D eigenvalue weighted by atomic mass is 10.1. The van der Waals surface area contributed by atoms with E-state index in [1.54, 1.807) is 0 Å². The topological polar surface area (TPSA) is 88.2 Å². The lowest BCUT2D eigenvalue weighted by molar-refractivity contribution is 0.655. The first-order chi connectivity index (χ1) is 12.2. The van der Waals surface area contributed by atoms with E-state index in [0.717, 1.165) is 30.8 Å². The van der Waals surface area contributed by atoms with E-state index in [1.165, 1.54) is 5.56 Å². The van der Waals surface area contributed by atoms with Crippen LogP contribution in [0.3, 0.4) is 0 Å². The van der Waals surface area contributed by atoms with E-state index in [9.17, 15) is 4.79 Å². The summed E-state index contributed by atoms with van der Waals surface area (Å²) in [7, 11) is 0. The molecule has 0 spiro atoms. The minimum Gasteiger partial charge on any atom is -0.330 e. The molecule has 2 heterocycles. The average molecular weight is 341 g/mol. The summed E-state index contributed by atoms with van der Waals surface area (Å²) in [5.74, 6) is 0.567. The standard InChI is InChI=1S/C17H21N5O.C2H6/c1-12-10-22-11-15(16(23)21-17(22)20-12)14-5-3-13(4-6-14)9-19-8-2-7-18;1-2/h3-6,10-11,19H,2,7-9,18H2,1H3,(H,20,21,23);1-2H3. The van der Waals surface area contributed by atoms with E-state index in [2.05, 4.69) is 15.3 Å². The first-order valence-corrected chi connectivity index (χ1v) is 8.76. The van der Waals surface area contributed by atoms with Gasteiger partial charge in [0.25, 0.3) is 5.56 Å². The highest BCUT2D eigenvalue weighted by atomic mass is 16.1. The summed E-state index contributed by atoms with van der Waals surface area (Å²) in [4.78, 5) is 19.3. The first kappa shape index (κ1) is 18.9. The highest BCUT2D eigenvalue weighted by molar-refractivity contribution is 5.62. The van der Waals surface area contributed by atoms with E-state index >= 15 is 0 Å². The van der Waals surface area contributed by atoms with Crippen molar-refractivity contribution < 1.29 is 0 Å². The van der Waals surface area contributed by atoms with Gasteiger partial charge < -0.3 is 11.1 Å². The van der Waals surface area contributed by atoms with Gasteiger partial charge in [-0.05, 0) is 37.6 Å². The molecule has 6 heteroatoms. The van der Waals surface area contributed by atoms with Gasteiger partial charge in [0.05, 0.1) is 11.3 Å². The van der Waals surface area contributed by atoms with Crippen LogP contribution >= 0.6 is 0 Å². The first-order valence-electron chi connectivity index (χ1n) is 8.76. The third-order valence-electron chi connectivity index (χ3n) is 3.74. The van der Waals surface area contributed by atoms with Crippen molar-refractivity contribution in [3.05, 3.63) is 58.3 Å². The van der Waals surface area contributed by atoms with Crippen molar-refractivity contribution in [2.24, 2.45) is 5.73 Å². The fourth-order valence-electron chi connectivity index (χ4n) is 2.54. The van der Waals surface area contributed by atoms with E-state index in [-0.39, 0.29) is 5.56 Å². The number of nitrogens with two attached hydrogens (primary N) is 1. The summed E-state index contributed by atoms with van der Waals surface area (Å²) >= 11 is 0. The predicted molar refractivity (Wildman–Crippen MR) is 103 cm³/mol. The van der Waals surface area contributed by atoms with Crippen LogP contribution in [0.1, 0.15) is 31.5 Å². The molecule has 25 heavy (non-hydrogen) atoms. The van der Waals surface area contributed by atoms with Gasteiger partial charge in [-0.2, -0.15) is 0 Å². The molecule has 2 aromatic heterocycles. The van der Waals surface area contributed by atoms with Crippen molar-refractivity contribution in [3.63, 3.8) is 0 Å². The molecule has 0 bridgehead atoms. The maximum absolute atomic E-state index is 12.2. The molecule has 0 unspecified atom stereocenters. The molecule has 0 fully saturated rings. The van der Waals surface area contributed by atoms with Crippen LogP contribution in [0.2, 0.25) is 0 Å². The molecule has 3 aromatic rings. The normalized spacial score (nSPS) is 10.6. The number of nitrogens with one attached hydrogen (secondary N) is 2. The van der Waals surface area contributed by atoms with Gasteiger partial charge >= 0.3 is 0 Å². The Bertz CT molecular complexity index is 848. The Labute approximate surface area is 148 Å². The van der Waals surface area contributed by atoms with Crippen molar-refractivity contribution in [1.82, 2.24) is 19.7 Å². The molecule has 0 saturated heterocycles. The van der Waals surface area contributed by atoms with Crippen LogP contribution < -0.4 is 16.6 Å². The third kappa shape index (κ3) is 4.78. The average Bonchev–Trinajstić information content (AvgIpc) is 2.99. The second kappa shape index (κ2) is 9.15. The zero-order valence-electron chi connectivity index (χ0n) is 15.2. The molecule has 3 rings (SSSR count). The Balaban J connectivity index is 0.00000109. The monoisotopic (exact) mass is 341 g/mol. The second-order valence-corrected chi connectivity index (χ2v) is 5.63. The van der Waals surface area contributed by atoms with Crippen molar-refractivity contribution in [1.29, 1.82) is 0 Å². The molecule has 0 amide bonds. The Kier molecular flexibility index (Phi) is 6.91. The molecule has 0 radical (unpaired) electrons. The van der Waals surface area contributed by atoms with E-state index in [0.29, 0.717) is 17.9 Å². The highest BCUT2D eigenvalue weighted by Gasteiger charge is 2.07. The summed E-state index contributed by atoms with van der Waals surface area (Å²) < 4.78 is 1.84. The number of aryl methyl sites for hydroxylation is 1. The van der Waals surface area contributed by atoms with Crippen LogP contribution in [0.4, 0.5) is 0 Å². The molecule has 134 valence electrons. The lowest BCUT2D eigenvalue weighted by Crippen LogP contribution is -2.17. The third-order valence-corrected chi connectivity index (χ3v) is 3.74. The minimum absolute atomic E-state index is 0.128. The van der Waals surface area contributed by atoms with Crippen molar-refractivity contribution in [2.75, 3.05) is 13.1 Å². The molecule has 4 N–H and O–H groups in total. The summed E-state index contributed by atoms with van der Waals surface area (Å²) in [5, 5.41) is 3.34. The zero-order chi connectivity index (χ0) is 18.2. The number of benzene rings is 1. The number of aromatic amines is 1. The smallest absolute Gasteiger partial charge is 0.260 e. The molecular weight excluding hydrogens is 314 g/mol. The number of imidazole rings is 1. The van der Waals surface area contributed by atoms with Gasteiger partial charge in [0, 0.05) is 18.9 Å². The van der Waals surface area contributed by atoms with Crippen LogP contribution in [-0.2, 0) is 6.54 Å². The molecule has 1 aromatic carbocycles. The number of fused-ring (bicyclic) bond motifs is 1. The fraction of sp³-hybridized carbons (Fsp3) is 0.368. The van der Waals surface area contributed by atoms with E-state index < -0.39 is 0 Å². The summed E-state index contributed by atoms with van der Waals surface area (Å²) in [5.41, 5.74) is 8.92. The van der Waals surface area contributed by atoms with Crippen molar-refractivity contribution in [2.45, 2.75) is 33.7 Å². The largest absolute Gasteiger partial charge is 0.330 e. The van der Waals surface area contributed by atoms with E-state index in [4.69, 9.17) is 5.73 Å². The molecule has 0 aliphatic carbocycles. The second-order valence-electron chi connectivity index (χ2n) is 5.63. The number of hydrogen-bond acceptors (Lipinski definition) is 4. The van der Waals surface area contributed by atoms with Crippen LogP contribution in [-0.4, -0.2) is 27.5 Å². The van der Waals surface area contributed by atoms with Gasteiger partial charge in [-0.3, -0.25) is 14.2 Å². The van der Waals surface area contributed by atoms with Crippen LogP contribution in [0.25, 0.3) is 16.9 Å². The Morgan fingerprint density at radius 1 is 1.20 bits per heavy atom. The quantitative estimate of drug-likeness (QED) is 0.601. The maximum atomic E-state index is 12.2. The molecule has 0 saturated carbocycles. The Hall–Kier alpha value is -2.44. The number of aromatic nitrogens is 3. The number of nitrogens with zero attached hydrogens (tertiary/aromatic N) is 2. The molecule has 6 nitrogen and oxygen atoms in total. The SMILES string of the molecule is CC.Cc1cn2cc(-c3ccc(CNCCCN)cc3)c(=O)[nH]c2n1. The van der Waals surface area contributed by atoms with Crippen LogP contribution in [0, 0.1) is 6.92 Å². The van der Waals surface area contributed by atoms with Gasteiger partial charge in [0.2, 0.25) is 5.78 Å². The fourth-order valence-corrected chi connectivity index (χ4v) is 2.54. The Morgan fingerprint density at radius 3 is 2.60 bits per heavy atom.